The zero-order valence-corrected chi connectivity index (χ0v) is 24.4. The molecule has 0 saturated heterocycles. The minimum Gasteiger partial charge on any atom is -0.464 e. The summed E-state index contributed by atoms with van der Waals surface area (Å²) in [6, 6.07) is 19.4. The number of pyridine rings is 1. The van der Waals surface area contributed by atoms with Crippen molar-refractivity contribution < 1.29 is 24.2 Å². The number of aryl methyl sites for hydroxylation is 1. The second-order valence-electron chi connectivity index (χ2n) is 10.3. The van der Waals surface area contributed by atoms with Crippen molar-refractivity contribution in [1.29, 1.82) is 0 Å². The van der Waals surface area contributed by atoms with E-state index < -0.39 is 11.6 Å². The number of rotatable bonds is 11. The summed E-state index contributed by atoms with van der Waals surface area (Å²) in [7, 11) is 2.89. The molecule has 2 aromatic carbocycles. The van der Waals surface area contributed by atoms with Gasteiger partial charge in [-0.2, -0.15) is 0 Å². The van der Waals surface area contributed by atoms with E-state index in [1.807, 2.05) is 60.7 Å². The normalized spacial score (nSPS) is 11.1. The van der Waals surface area contributed by atoms with Crippen LogP contribution in [0, 0.1) is 11.8 Å². The summed E-state index contributed by atoms with van der Waals surface area (Å²) in [4.78, 5) is 30.7. The predicted octanol–water partition coefficient (Wildman–Crippen LogP) is 4.78. The highest BCUT2D eigenvalue weighted by molar-refractivity contribution is 6.11. The van der Waals surface area contributed by atoms with Crippen LogP contribution in [0.4, 0.5) is 11.4 Å². The maximum Gasteiger partial charge on any atom is 0.356 e. The Kier molecular flexibility index (Phi) is 9.97. The highest BCUT2D eigenvalue weighted by Gasteiger charge is 2.26. The van der Waals surface area contributed by atoms with Crippen molar-refractivity contribution in [3.05, 3.63) is 89.2 Å². The van der Waals surface area contributed by atoms with Crippen LogP contribution in [0.5, 0.6) is 0 Å². The Hall–Kier alpha value is -4.65. The number of aromatic nitrogens is 2. The van der Waals surface area contributed by atoms with Crippen LogP contribution in [0.1, 0.15) is 47.4 Å². The first-order valence-electron chi connectivity index (χ1n) is 13.7. The monoisotopic (exact) mass is 568 g/mol. The molecule has 9 heteroatoms. The zero-order valence-electron chi connectivity index (χ0n) is 24.4. The van der Waals surface area contributed by atoms with Gasteiger partial charge in [-0.1, -0.05) is 54.3 Å². The van der Waals surface area contributed by atoms with E-state index in [4.69, 9.17) is 9.47 Å². The van der Waals surface area contributed by atoms with Crippen LogP contribution in [0.2, 0.25) is 0 Å². The lowest BCUT2D eigenvalue weighted by molar-refractivity contribution is -0.116. The number of aliphatic hydroxyl groups is 1. The number of esters is 1. The van der Waals surface area contributed by atoms with E-state index in [0.717, 1.165) is 16.7 Å². The Bertz CT molecular complexity index is 1590. The molecule has 0 saturated carbocycles. The van der Waals surface area contributed by atoms with E-state index in [0.29, 0.717) is 48.5 Å². The number of carbonyl (C=O) groups is 2. The average Bonchev–Trinajstić information content (AvgIpc) is 3.29. The predicted molar refractivity (Wildman–Crippen MR) is 163 cm³/mol. The van der Waals surface area contributed by atoms with Crippen LogP contribution in [0.15, 0.2) is 66.9 Å². The molecule has 4 rings (SSSR count). The minimum atomic E-state index is -1.05. The molecule has 0 fully saturated rings. The number of amides is 1. The lowest BCUT2D eigenvalue weighted by Crippen LogP contribution is -2.18. The molecule has 0 aliphatic carbocycles. The van der Waals surface area contributed by atoms with Gasteiger partial charge in [-0.25, -0.2) is 9.78 Å². The van der Waals surface area contributed by atoms with Crippen LogP contribution in [0.3, 0.4) is 0 Å². The Morgan fingerprint density at radius 1 is 1.05 bits per heavy atom. The van der Waals surface area contributed by atoms with Crippen molar-refractivity contribution in [2.24, 2.45) is 0 Å². The molecule has 1 amide bonds. The first-order chi connectivity index (χ1) is 20.2. The summed E-state index contributed by atoms with van der Waals surface area (Å²) in [5, 5.41) is 16.8. The molecule has 218 valence electrons. The van der Waals surface area contributed by atoms with Crippen molar-refractivity contribution in [3.63, 3.8) is 0 Å². The Balaban J connectivity index is 1.61. The molecule has 0 unspecified atom stereocenters. The third-order valence-electron chi connectivity index (χ3n) is 6.51. The second-order valence-corrected chi connectivity index (χ2v) is 10.3. The molecule has 42 heavy (non-hydrogen) atoms. The standard InChI is InChI=1S/C33H36N4O5/c1-33(2,40)17-16-24-10-12-25(13-11-24)21-34-26-20-27-29(36-28(38)15-14-23-8-6-5-7-9-23)30(32(39)42-4)37(18-19-41-3)31(27)35-22-26/h5-13,20,22,34,40H,14-15,18-19,21H2,1-4H3,(H,36,38). The van der Waals surface area contributed by atoms with Crippen LogP contribution in [-0.4, -0.2) is 53.0 Å². The Morgan fingerprint density at radius 2 is 1.79 bits per heavy atom. The van der Waals surface area contributed by atoms with E-state index in [-0.39, 0.29) is 18.0 Å². The number of fused-ring (bicyclic) bond motifs is 1. The molecule has 3 N–H and O–H groups in total. The van der Waals surface area contributed by atoms with E-state index in [2.05, 4.69) is 27.5 Å². The van der Waals surface area contributed by atoms with Crippen LogP contribution >= 0.6 is 0 Å². The van der Waals surface area contributed by atoms with Gasteiger partial charge in [-0.3, -0.25) is 4.79 Å². The van der Waals surface area contributed by atoms with Crippen molar-refractivity contribution in [2.45, 2.75) is 45.4 Å². The SMILES string of the molecule is COCCn1c(C(=O)OC)c(NC(=O)CCc2ccccc2)c2cc(NCc3ccc(C#CC(C)(C)O)cc3)cnc21. The third-order valence-corrected chi connectivity index (χ3v) is 6.51. The molecule has 0 atom stereocenters. The number of nitrogens with one attached hydrogen (secondary N) is 2. The fourth-order valence-corrected chi connectivity index (χ4v) is 4.40. The molecule has 0 aliphatic rings. The van der Waals surface area contributed by atoms with Crippen LogP contribution in [0.25, 0.3) is 11.0 Å². The van der Waals surface area contributed by atoms with Gasteiger partial charge in [0.05, 0.1) is 31.3 Å². The van der Waals surface area contributed by atoms with Crippen LogP contribution in [-0.2, 0) is 33.8 Å². The van der Waals surface area contributed by atoms with Crippen LogP contribution < -0.4 is 10.6 Å². The number of hydrogen-bond acceptors (Lipinski definition) is 7. The van der Waals surface area contributed by atoms with Gasteiger partial charge in [0, 0.05) is 37.6 Å². The summed E-state index contributed by atoms with van der Waals surface area (Å²) in [6.45, 7) is 4.49. The van der Waals surface area contributed by atoms with E-state index in [9.17, 15) is 14.7 Å². The van der Waals surface area contributed by atoms with Gasteiger partial charge >= 0.3 is 5.97 Å². The molecular formula is C33H36N4O5. The molecule has 0 radical (unpaired) electrons. The van der Waals surface area contributed by atoms with Gasteiger partial charge in [0.2, 0.25) is 5.91 Å². The maximum atomic E-state index is 13.1. The molecule has 2 heterocycles. The minimum absolute atomic E-state index is 0.213. The Labute approximate surface area is 245 Å². The first kappa shape index (κ1) is 30.3. The first-order valence-corrected chi connectivity index (χ1v) is 13.7. The number of benzene rings is 2. The lowest BCUT2D eigenvalue weighted by Gasteiger charge is -2.10. The third kappa shape index (κ3) is 7.97. The quantitative estimate of drug-likeness (QED) is 0.176. The maximum absolute atomic E-state index is 13.1. The van der Waals surface area contributed by atoms with Gasteiger partial charge in [0.15, 0.2) is 5.69 Å². The molecule has 0 aliphatic heterocycles. The number of hydrogen-bond donors (Lipinski definition) is 3. The molecule has 9 nitrogen and oxygen atoms in total. The van der Waals surface area contributed by atoms with E-state index in [1.165, 1.54) is 7.11 Å². The molecule has 2 aromatic heterocycles. The zero-order chi connectivity index (χ0) is 30.1. The lowest BCUT2D eigenvalue weighted by atomic mass is 10.1. The fraction of sp³-hybridized carbons (Fsp3) is 0.303. The van der Waals surface area contributed by atoms with Gasteiger partial charge in [0.25, 0.3) is 0 Å². The largest absolute Gasteiger partial charge is 0.464 e. The number of nitrogens with zero attached hydrogens (tertiary/aromatic N) is 2. The summed E-state index contributed by atoms with van der Waals surface area (Å²) < 4.78 is 12.1. The smallest absolute Gasteiger partial charge is 0.356 e. The molecule has 0 spiro atoms. The van der Waals surface area contributed by atoms with Gasteiger partial charge in [0.1, 0.15) is 11.2 Å². The molecule has 0 bridgehead atoms. The van der Waals surface area contributed by atoms with E-state index in [1.54, 1.807) is 31.7 Å². The van der Waals surface area contributed by atoms with Gasteiger partial charge < -0.3 is 29.8 Å². The van der Waals surface area contributed by atoms with Gasteiger partial charge in [-0.15, -0.1) is 0 Å². The van der Waals surface area contributed by atoms with E-state index >= 15 is 0 Å². The average molecular weight is 569 g/mol. The number of carbonyl (C=O) groups excluding carboxylic acids is 2. The summed E-state index contributed by atoms with van der Waals surface area (Å²) in [5.41, 5.74) is 3.65. The highest BCUT2D eigenvalue weighted by Crippen LogP contribution is 2.33. The summed E-state index contributed by atoms with van der Waals surface area (Å²) in [6.07, 6.45) is 2.50. The molecular weight excluding hydrogens is 532 g/mol. The topological polar surface area (TPSA) is 115 Å². The summed E-state index contributed by atoms with van der Waals surface area (Å²) >= 11 is 0. The van der Waals surface area contributed by atoms with Crippen molar-refractivity contribution >= 4 is 34.3 Å². The second kappa shape index (κ2) is 13.8. The van der Waals surface area contributed by atoms with Crippen molar-refractivity contribution in [1.82, 2.24) is 9.55 Å². The van der Waals surface area contributed by atoms with Gasteiger partial charge in [-0.05, 0) is 49.6 Å². The molecule has 4 aromatic rings. The number of methoxy groups -OCH3 is 2. The number of ether oxygens (including phenoxy) is 2. The Morgan fingerprint density at radius 3 is 2.45 bits per heavy atom. The summed E-state index contributed by atoms with van der Waals surface area (Å²) in [5.74, 6) is 4.98. The van der Waals surface area contributed by atoms with Crippen molar-refractivity contribution in [3.8, 4) is 11.8 Å². The highest BCUT2D eigenvalue weighted by atomic mass is 16.5. The fourth-order valence-electron chi connectivity index (χ4n) is 4.40. The van der Waals surface area contributed by atoms with Crippen molar-refractivity contribution in [2.75, 3.05) is 31.5 Å². The number of anilines is 2.